The first kappa shape index (κ1) is 14.9. The lowest BCUT2D eigenvalue weighted by atomic mass is 10.4. The van der Waals surface area contributed by atoms with Crippen molar-refractivity contribution in [2.75, 3.05) is 18.0 Å². The molecule has 19 heavy (non-hydrogen) atoms. The second kappa shape index (κ2) is 6.17. The van der Waals surface area contributed by atoms with E-state index in [4.69, 9.17) is 5.11 Å². The summed E-state index contributed by atoms with van der Waals surface area (Å²) in [5.74, 6) is -0.525. The van der Waals surface area contributed by atoms with E-state index in [9.17, 15) is 14.9 Å². The summed E-state index contributed by atoms with van der Waals surface area (Å²) < 4.78 is 1.66. The van der Waals surface area contributed by atoms with Crippen LogP contribution in [0.3, 0.4) is 0 Å². The molecule has 8 heteroatoms. The van der Waals surface area contributed by atoms with E-state index in [0.717, 1.165) is 0 Å². The quantitative estimate of drug-likeness (QED) is 0.594. The highest BCUT2D eigenvalue weighted by atomic mass is 16.6. The Morgan fingerprint density at radius 1 is 1.53 bits per heavy atom. The molecule has 106 valence electrons. The summed E-state index contributed by atoms with van der Waals surface area (Å²) in [6, 6.07) is 0. The number of rotatable bonds is 7. The zero-order valence-corrected chi connectivity index (χ0v) is 11.3. The summed E-state index contributed by atoms with van der Waals surface area (Å²) in [6.07, 6.45) is 0.693. The molecule has 0 radical (unpaired) electrons. The Morgan fingerprint density at radius 3 is 2.58 bits per heavy atom. The highest BCUT2D eigenvalue weighted by Gasteiger charge is 2.29. The van der Waals surface area contributed by atoms with Crippen molar-refractivity contribution in [2.45, 2.75) is 33.7 Å². The maximum absolute atomic E-state index is 11.1. The summed E-state index contributed by atoms with van der Waals surface area (Å²) in [6.45, 7) is 6.05. The zero-order valence-electron chi connectivity index (χ0n) is 11.3. The van der Waals surface area contributed by atoms with Crippen molar-refractivity contribution in [3.8, 4) is 0 Å². The lowest BCUT2D eigenvalue weighted by molar-refractivity contribution is -0.388. The number of hydrogen-bond donors (Lipinski definition) is 1. The summed E-state index contributed by atoms with van der Waals surface area (Å²) in [7, 11) is 0. The van der Waals surface area contributed by atoms with E-state index in [0.29, 0.717) is 25.3 Å². The molecule has 1 aromatic heterocycles. The van der Waals surface area contributed by atoms with Crippen LogP contribution in [0, 0.1) is 17.0 Å². The normalized spacial score (nSPS) is 10.5. The van der Waals surface area contributed by atoms with Crippen LogP contribution < -0.4 is 4.90 Å². The molecule has 1 aromatic rings. The van der Waals surface area contributed by atoms with Gasteiger partial charge in [0.05, 0.1) is 0 Å². The Labute approximate surface area is 110 Å². The van der Waals surface area contributed by atoms with Crippen molar-refractivity contribution in [3.05, 3.63) is 15.9 Å². The molecule has 8 nitrogen and oxygen atoms in total. The standard InChI is InChI=1S/C11H18N4O4/c1-4-6-13(7-9(16)17)11-10(15(18)19)12-8(3)14(11)5-2/h4-7H2,1-3H3,(H,16,17). The lowest BCUT2D eigenvalue weighted by Crippen LogP contribution is -2.32. The van der Waals surface area contributed by atoms with Gasteiger partial charge in [-0.25, -0.2) is 0 Å². The number of carboxylic acid groups (broad SMARTS) is 1. The van der Waals surface area contributed by atoms with Gasteiger partial charge in [-0.1, -0.05) is 6.92 Å². The fraction of sp³-hybridized carbons (Fsp3) is 0.636. The minimum atomic E-state index is -1.02. The fourth-order valence-corrected chi connectivity index (χ4v) is 2.04. The van der Waals surface area contributed by atoms with Crippen LogP contribution >= 0.6 is 0 Å². The molecule has 0 amide bonds. The van der Waals surface area contributed by atoms with Gasteiger partial charge in [0.15, 0.2) is 0 Å². The Morgan fingerprint density at radius 2 is 2.16 bits per heavy atom. The zero-order chi connectivity index (χ0) is 14.6. The van der Waals surface area contributed by atoms with Gasteiger partial charge in [0.1, 0.15) is 6.54 Å². The van der Waals surface area contributed by atoms with Crippen LogP contribution in [0.5, 0.6) is 0 Å². The Bertz CT molecular complexity index is 483. The number of imidazole rings is 1. The van der Waals surface area contributed by atoms with E-state index < -0.39 is 10.9 Å². The monoisotopic (exact) mass is 270 g/mol. The second-order valence-electron chi connectivity index (χ2n) is 4.12. The highest BCUT2D eigenvalue weighted by molar-refractivity contribution is 5.74. The number of nitro groups is 1. The smallest absolute Gasteiger partial charge is 0.406 e. The third-order valence-corrected chi connectivity index (χ3v) is 2.72. The molecule has 0 aliphatic rings. The lowest BCUT2D eigenvalue weighted by Gasteiger charge is -2.22. The molecule has 0 aliphatic carbocycles. The molecule has 0 saturated heterocycles. The van der Waals surface area contributed by atoms with Crippen molar-refractivity contribution in [2.24, 2.45) is 0 Å². The van der Waals surface area contributed by atoms with Gasteiger partial charge in [-0.05, 0) is 23.3 Å². The molecular weight excluding hydrogens is 252 g/mol. The van der Waals surface area contributed by atoms with E-state index in [-0.39, 0.29) is 18.2 Å². The fourth-order valence-electron chi connectivity index (χ4n) is 2.04. The van der Waals surface area contributed by atoms with E-state index in [1.54, 1.807) is 11.5 Å². The van der Waals surface area contributed by atoms with Crippen molar-refractivity contribution >= 4 is 17.6 Å². The van der Waals surface area contributed by atoms with Gasteiger partial charge in [0.2, 0.25) is 11.6 Å². The minimum absolute atomic E-state index is 0.272. The number of aryl methyl sites for hydroxylation is 1. The molecule has 1 heterocycles. The molecule has 0 saturated carbocycles. The first-order valence-electron chi connectivity index (χ1n) is 6.10. The van der Waals surface area contributed by atoms with Crippen LogP contribution in [0.2, 0.25) is 0 Å². The van der Waals surface area contributed by atoms with Crippen molar-refractivity contribution in [1.29, 1.82) is 0 Å². The molecule has 0 atom stereocenters. The maximum atomic E-state index is 11.1. The predicted molar refractivity (Wildman–Crippen MR) is 69.4 cm³/mol. The van der Waals surface area contributed by atoms with E-state index >= 15 is 0 Å². The van der Waals surface area contributed by atoms with Crippen LogP contribution in [0.15, 0.2) is 0 Å². The average Bonchev–Trinajstić information content (AvgIpc) is 2.65. The van der Waals surface area contributed by atoms with E-state index in [2.05, 4.69) is 4.98 Å². The molecule has 0 unspecified atom stereocenters. The van der Waals surface area contributed by atoms with Gasteiger partial charge in [-0.2, -0.15) is 0 Å². The van der Waals surface area contributed by atoms with Gasteiger partial charge in [-0.3, -0.25) is 9.36 Å². The van der Waals surface area contributed by atoms with Gasteiger partial charge in [0, 0.05) is 20.0 Å². The van der Waals surface area contributed by atoms with Gasteiger partial charge >= 0.3 is 11.8 Å². The molecule has 0 spiro atoms. The van der Waals surface area contributed by atoms with Crippen LogP contribution in [0.1, 0.15) is 26.1 Å². The number of aromatic nitrogens is 2. The number of aliphatic carboxylic acids is 1. The number of anilines is 1. The first-order chi connectivity index (χ1) is 8.92. The van der Waals surface area contributed by atoms with Crippen molar-refractivity contribution in [1.82, 2.24) is 9.55 Å². The maximum Gasteiger partial charge on any atom is 0.406 e. The summed E-state index contributed by atoms with van der Waals surface area (Å²) in [5, 5.41) is 20.0. The largest absolute Gasteiger partial charge is 0.480 e. The van der Waals surface area contributed by atoms with Gasteiger partial charge in [-0.15, -0.1) is 0 Å². The SMILES string of the molecule is CCCN(CC(=O)O)c1c([N+](=O)[O-])nc(C)n1CC. The number of hydrogen-bond acceptors (Lipinski definition) is 5. The van der Waals surface area contributed by atoms with Crippen LogP contribution in [-0.2, 0) is 11.3 Å². The van der Waals surface area contributed by atoms with Gasteiger partial charge < -0.3 is 20.1 Å². The van der Waals surface area contributed by atoms with Gasteiger partial charge in [0.25, 0.3) is 0 Å². The molecule has 1 N–H and O–H groups in total. The molecular formula is C11H18N4O4. The minimum Gasteiger partial charge on any atom is -0.480 e. The third kappa shape index (κ3) is 3.21. The Kier molecular flexibility index (Phi) is 4.85. The second-order valence-corrected chi connectivity index (χ2v) is 4.12. The predicted octanol–water partition coefficient (Wildman–Crippen LogP) is 1.42. The van der Waals surface area contributed by atoms with Crippen LogP contribution in [0.25, 0.3) is 0 Å². The Balaban J connectivity index is 3.33. The molecule has 0 bridgehead atoms. The average molecular weight is 270 g/mol. The van der Waals surface area contributed by atoms with Crippen molar-refractivity contribution in [3.63, 3.8) is 0 Å². The third-order valence-electron chi connectivity index (χ3n) is 2.72. The molecule has 0 aromatic carbocycles. The Hall–Kier alpha value is -2.12. The van der Waals surface area contributed by atoms with E-state index in [1.165, 1.54) is 4.90 Å². The first-order valence-corrected chi connectivity index (χ1v) is 6.10. The number of nitrogens with zero attached hydrogens (tertiary/aromatic N) is 4. The molecule has 1 rings (SSSR count). The highest BCUT2D eigenvalue weighted by Crippen LogP contribution is 2.29. The molecule has 0 aliphatic heterocycles. The summed E-state index contributed by atoms with van der Waals surface area (Å²) in [4.78, 5) is 26.8. The van der Waals surface area contributed by atoms with E-state index in [1.807, 2.05) is 13.8 Å². The topological polar surface area (TPSA) is 102 Å². The van der Waals surface area contributed by atoms with Crippen LogP contribution in [-0.4, -0.2) is 38.6 Å². The summed E-state index contributed by atoms with van der Waals surface area (Å²) >= 11 is 0. The number of carboxylic acids is 1. The number of carbonyl (C=O) groups is 1. The molecule has 0 fully saturated rings. The summed E-state index contributed by atoms with van der Waals surface area (Å²) in [5.41, 5.74) is 0. The van der Waals surface area contributed by atoms with Crippen molar-refractivity contribution < 1.29 is 14.8 Å². The van der Waals surface area contributed by atoms with Crippen LogP contribution in [0.4, 0.5) is 11.6 Å².